The molecular formula is C16H26N3O3S2+. The zero-order valence-electron chi connectivity index (χ0n) is 13.9. The number of nitrogens with one attached hydrogen (secondary N) is 1. The standard InChI is InChI=1S/C16H25N3O3S2/c20-15(18-7-3-1-2-4-8-18)14-17-9-11-19(12-10-17)24(21,22)16-6-5-13-23-16/h5-6,13H,1-4,7-12,14H2/p+1. The van der Waals surface area contributed by atoms with Gasteiger partial charge in [-0.15, -0.1) is 11.3 Å². The molecule has 24 heavy (non-hydrogen) atoms. The van der Waals surface area contributed by atoms with Gasteiger partial charge in [0, 0.05) is 13.1 Å². The number of carbonyl (C=O) groups excluding carboxylic acids is 1. The van der Waals surface area contributed by atoms with Crippen molar-refractivity contribution in [1.82, 2.24) is 9.21 Å². The van der Waals surface area contributed by atoms with Crippen LogP contribution in [0.5, 0.6) is 0 Å². The molecule has 0 radical (unpaired) electrons. The van der Waals surface area contributed by atoms with Crippen molar-refractivity contribution < 1.29 is 18.1 Å². The van der Waals surface area contributed by atoms with E-state index in [0.29, 0.717) is 36.9 Å². The first-order valence-electron chi connectivity index (χ1n) is 8.72. The lowest BCUT2D eigenvalue weighted by Crippen LogP contribution is -3.15. The summed E-state index contributed by atoms with van der Waals surface area (Å²) >= 11 is 1.26. The highest BCUT2D eigenvalue weighted by Gasteiger charge is 2.32. The molecule has 0 bridgehead atoms. The fourth-order valence-electron chi connectivity index (χ4n) is 3.40. The fraction of sp³-hybridized carbons (Fsp3) is 0.688. The summed E-state index contributed by atoms with van der Waals surface area (Å²) in [6.45, 7) is 4.63. The third kappa shape index (κ3) is 4.17. The molecule has 134 valence electrons. The predicted molar refractivity (Wildman–Crippen MR) is 93.7 cm³/mol. The maximum atomic E-state index is 12.5. The van der Waals surface area contributed by atoms with Crippen molar-refractivity contribution in [3.8, 4) is 0 Å². The summed E-state index contributed by atoms with van der Waals surface area (Å²) in [7, 11) is -3.35. The first-order chi connectivity index (χ1) is 11.6. The highest BCUT2D eigenvalue weighted by atomic mass is 32.2. The minimum absolute atomic E-state index is 0.224. The molecule has 1 aromatic heterocycles. The van der Waals surface area contributed by atoms with E-state index < -0.39 is 10.0 Å². The van der Waals surface area contributed by atoms with Gasteiger partial charge in [-0.1, -0.05) is 18.9 Å². The number of hydrogen-bond donors (Lipinski definition) is 1. The van der Waals surface area contributed by atoms with E-state index in [9.17, 15) is 13.2 Å². The third-order valence-electron chi connectivity index (χ3n) is 4.88. The molecule has 3 heterocycles. The summed E-state index contributed by atoms with van der Waals surface area (Å²) in [6, 6.07) is 3.42. The summed E-state index contributed by atoms with van der Waals surface area (Å²) < 4.78 is 27.0. The van der Waals surface area contributed by atoms with Gasteiger partial charge in [-0.3, -0.25) is 4.79 Å². The van der Waals surface area contributed by atoms with Crippen LogP contribution in [-0.2, 0) is 14.8 Å². The molecule has 0 aliphatic carbocycles. The van der Waals surface area contributed by atoms with Crippen LogP contribution in [0.2, 0.25) is 0 Å². The molecule has 2 fully saturated rings. The molecule has 8 heteroatoms. The summed E-state index contributed by atoms with van der Waals surface area (Å²) in [5.41, 5.74) is 0. The van der Waals surface area contributed by atoms with Crippen molar-refractivity contribution >= 4 is 27.3 Å². The van der Waals surface area contributed by atoms with E-state index in [4.69, 9.17) is 0 Å². The maximum Gasteiger partial charge on any atom is 0.277 e. The predicted octanol–water partition coefficient (Wildman–Crippen LogP) is 0.0399. The monoisotopic (exact) mass is 372 g/mol. The molecule has 0 saturated carbocycles. The summed E-state index contributed by atoms with van der Waals surface area (Å²) in [5.74, 6) is 0.224. The largest absolute Gasteiger partial charge is 0.338 e. The second kappa shape index (κ2) is 7.95. The number of quaternary nitrogens is 1. The van der Waals surface area contributed by atoms with Crippen molar-refractivity contribution in [2.24, 2.45) is 0 Å². The van der Waals surface area contributed by atoms with Crippen molar-refractivity contribution in [2.45, 2.75) is 29.9 Å². The first kappa shape index (κ1) is 17.8. The molecule has 1 N–H and O–H groups in total. The summed E-state index contributed by atoms with van der Waals surface area (Å²) in [4.78, 5) is 15.7. The van der Waals surface area contributed by atoms with Crippen LogP contribution in [0.4, 0.5) is 0 Å². The van der Waals surface area contributed by atoms with Gasteiger partial charge in [0.1, 0.15) is 4.21 Å². The van der Waals surface area contributed by atoms with Crippen LogP contribution in [0.3, 0.4) is 0 Å². The molecule has 2 aliphatic heterocycles. The number of piperazine rings is 1. The molecule has 2 aliphatic rings. The minimum atomic E-state index is -3.35. The Labute approximate surface area is 148 Å². The molecule has 6 nitrogen and oxygen atoms in total. The molecule has 1 aromatic rings. The summed E-state index contributed by atoms with van der Waals surface area (Å²) in [5, 5.41) is 1.79. The van der Waals surface area contributed by atoms with E-state index in [1.807, 2.05) is 4.90 Å². The molecule has 0 spiro atoms. The molecule has 1 amide bonds. The zero-order chi connectivity index (χ0) is 17.0. The van der Waals surface area contributed by atoms with E-state index in [1.54, 1.807) is 21.8 Å². The Bertz CT molecular complexity index is 630. The van der Waals surface area contributed by atoms with Crippen LogP contribution in [0.25, 0.3) is 0 Å². The molecule has 0 atom stereocenters. The number of rotatable bonds is 4. The number of amides is 1. The number of sulfonamides is 1. The van der Waals surface area contributed by atoms with Crippen LogP contribution in [0.1, 0.15) is 25.7 Å². The lowest BCUT2D eigenvalue weighted by Gasteiger charge is -2.32. The average Bonchev–Trinajstić information content (AvgIpc) is 2.99. The first-order valence-corrected chi connectivity index (χ1v) is 11.0. The Kier molecular flexibility index (Phi) is 5.91. The zero-order valence-corrected chi connectivity index (χ0v) is 15.6. The Morgan fingerprint density at radius 3 is 2.33 bits per heavy atom. The molecule has 3 rings (SSSR count). The van der Waals surface area contributed by atoms with E-state index in [2.05, 4.69) is 0 Å². The highest BCUT2D eigenvalue weighted by Crippen LogP contribution is 2.20. The Morgan fingerprint density at radius 1 is 1.08 bits per heavy atom. The second-order valence-corrected chi connectivity index (χ2v) is 9.67. The average molecular weight is 373 g/mol. The van der Waals surface area contributed by atoms with Gasteiger partial charge in [0.15, 0.2) is 6.54 Å². The van der Waals surface area contributed by atoms with Crippen LogP contribution in [-0.4, -0.2) is 69.3 Å². The summed E-state index contributed by atoms with van der Waals surface area (Å²) in [6.07, 6.45) is 4.65. The van der Waals surface area contributed by atoms with Crippen LogP contribution < -0.4 is 4.90 Å². The van der Waals surface area contributed by atoms with Gasteiger partial charge >= 0.3 is 0 Å². The Morgan fingerprint density at radius 2 is 1.75 bits per heavy atom. The quantitative estimate of drug-likeness (QED) is 0.812. The molecule has 2 saturated heterocycles. The van der Waals surface area contributed by atoms with Crippen molar-refractivity contribution in [2.75, 3.05) is 45.8 Å². The number of thiophene rings is 1. The number of nitrogens with zero attached hydrogens (tertiary/aromatic N) is 2. The number of hydrogen-bond acceptors (Lipinski definition) is 4. The van der Waals surface area contributed by atoms with Crippen LogP contribution in [0.15, 0.2) is 21.7 Å². The number of carbonyl (C=O) groups is 1. The second-order valence-electron chi connectivity index (χ2n) is 6.56. The van der Waals surface area contributed by atoms with E-state index in [1.165, 1.54) is 29.1 Å². The van der Waals surface area contributed by atoms with E-state index in [-0.39, 0.29) is 5.91 Å². The Hall–Kier alpha value is -0.960. The third-order valence-corrected chi connectivity index (χ3v) is 8.15. The normalized spacial score (nSPS) is 21.6. The van der Waals surface area contributed by atoms with E-state index in [0.717, 1.165) is 25.9 Å². The van der Waals surface area contributed by atoms with Gasteiger partial charge in [0.25, 0.3) is 15.9 Å². The van der Waals surface area contributed by atoms with Gasteiger partial charge < -0.3 is 9.80 Å². The minimum Gasteiger partial charge on any atom is -0.338 e. The van der Waals surface area contributed by atoms with Crippen molar-refractivity contribution in [3.05, 3.63) is 17.5 Å². The maximum absolute atomic E-state index is 12.5. The smallest absolute Gasteiger partial charge is 0.277 e. The van der Waals surface area contributed by atoms with Gasteiger partial charge in [-0.05, 0) is 24.3 Å². The Balaban J connectivity index is 1.51. The molecule has 0 aromatic carbocycles. The topological polar surface area (TPSA) is 62.1 Å². The highest BCUT2D eigenvalue weighted by molar-refractivity contribution is 7.91. The molecule has 0 unspecified atom stereocenters. The van der Waals surface area contributed by atoms with Crippen LogP contribution >= 0.6 is 11.3 Å². The van der Waals surface area contributed by atoms with Gasteiger partial charge in [-0.25, -0.2) is 8.42 Å². The fourth-order valence-corrected chi connectivity index (χ4v) is 5.99. The lowest BCUT2D eigenvalue weighted by atomic mass is 10.2. The molecular weight excluding hydrogens is 346 g/mol. The van der Waals surface area contributed by atoms with Crippen LogP contribution in [0, 0.1) is 0 Å². The van der Waals surface area contributed by atoms with Gasteiger partial charge in [0.05, 0.1) is 26.2 Å². The number of likely N-dealkylation sites (tertiary alicyclic amines) is 1. The lowest BCUT2D eigenvalue weighted by molar-refractivity contribution is -0.896. The SMILES string of the molecule is O=C(C[NH+]1CCN(S(=O)(=O)c2cccs2)CC1)N1CCCCCC1. The van der Waals surface area contributed by atoms with Gasteiger partial charge in [-0.2, -0.15) is 4.31 Å². The van der Waals surface area contributed by atoms with Gasteiger partial charge in [0.2, 0.25) is 0 Å². The van der Waals surface area contributed by atoms with Crippen molar-refractivity contribution in [3.63, 3.8) is 0 Å². The van der Waals surface area contributed by atoms with E-state index >= 15 is 0 Å². The van der Waals surface area contributed by atoms with Crippen molar-refractivity contribution in [1.29, 1.82) is 0 Å².